The average Bonchev–Trinajstić information content (AvgIpc) is 2.35. The Morgan fingerprint density at radius 2 is 2.05 bits per heavy atom. The zero-order valence-electron chi connectivity index (χ0n) is 14.4. The van der Waals surface area contributed by atoms with Gasteiger partial charge in [-0.1, -0.05) is 39.5 Å². The second-order valence-electron chi connectivity index (χ2n) is 7.19. The topological polar surface area (TPSA) is 64.3 Å². The van der Waals surface area contributed by atoms with Gasteiger partial charge in [-0.25, -0.2) is 0 Å². The predicted molar refractivity (Wildman–Crippen MR) is 98.4 cm³/mol. The van der Waals surface area contributed by atoms with E-state index in [4.69, 9.17) is 22.7 Å². The van der Waals surface area contributed by atoms with Crippen LogP contribution in [0.4, 0.5) is 4.79 Å². The molecule has 1 aliphatic carbocycles. The minimum atomic E-state index is -0.291. The molecule has 1 aliphatic rings. The van der Waals surface area contributed by atoms with Gasteiger partial charge in [-0.15, -0.1) is 0 Å². The normalized spacial score (nSPS) is 28.7. The molecule has 0 aromatic rings. The van der Waals surface area contributed by atoms with Gasteiger partial charge in [0.15, 0.2) is 5.05 Å². The lowest BCUT2D eigenvalue weighted by Crippen LogP contribution is -2.55. The third-order valence-electron chi connectivity index (χ3n) is 4.28. The van der Waals surface area contributed by atoms with Crippen molar-refractivity contribution in [1.29, 1.82) is 0 Å². The van der Waals surface area contributed by atoms with E-state index in [1.165, 1.54) is 11.8 Å². The molecular formula is C16H30N2O2S2. The highest BCUT2D eigenvalue weighted by Crippen LogP contribution is 2.48. The molecule has 3 N–H and O–H groups in total. The third-order valence-corrected chi connectivity index (χ3v) is 5.32. The summed E-state index contributed by atoms with van der Waals surface area (Å²) in [5, 5.41) is 3.67. The molecule has 0 aliphatic heterocycles. The quantitative estimate of drug-likeness (QED) is 0.743. The van der Waals surface area contributed by atoms with Crippen molar-refractivity contribution in [3.63, 3.8) is 0 Å². The molecule has 0 spiro atoms. The van der Waals surface area contributed by atoms with E-state index in [0.717, 1.165) is 25.0 Å². The molecule has 6 heteroatoms. The minimum Gasteiger partial charge on any atom is -0.486 e. The van der Waals surface area contributed by atoms with Gasteiger partial charge < -0.3 is 15.8 Å². The van der Waals surface area contributed by atoms with Crippen molar-refractivity contribution in [2.24, 2.45) is 16.6 Å². The summed E-state index contributed by atoms with van der Waals surface area (Å²) in [6.45, 7) is 11.1. The van der Waals surface area contributed by atoms with Gasteiger partial charge in [0.05, 0.1) is 12.6 Å². The van der Waals surface area contributed by atoms with E-state index in [2.05, 4.69) is 26.1 Å². The lowest BCUT2D eigenvalue weighted by atomic mass is 9.60. The Hall–Kier alpha value is -0.330. The van der Waals surface area contributed by atoms with Crippen LogP contribution in [0.15, 0.2) is 0 Å². The Labute approximate surface area is 144 Å². The maximum atomic E-state index is 11.9. The zero-order chi connectivity index (χ0) is 17.0. The van der Waals surface area contributed by atoms with Crippen LogP contribution in [0, 0.1) is 10.8 Å². The summed E-state index contributed by atoms with van der Waals surface area (Å²) >= 11 is 6.65. The number of thioether (sulfide) groups is 1. The van der Waals surface area contributed by atoms with E-state index >= 15 is 0 Å². The SMILES string of the molecule is CCOC(=S)C(N)C1(C)CC(NC(=O)SCC)CC(C)(C)C1. The monoisotopic (exact) mass is 346 g/mol. The van der Waals surface area contributed by atoms with Crippen LogP contribution in [0.1, 0.15) is 53.9 Å². The Morgan fingerprint density at radius 3 is 2.59 bits per heavy atom. The zero-order valence-corrected chi connectivity index (χ0v) is 16.0. The maximum absolute atomic E-state index is 11.9. The summed E-state index contributed by atoms with van der Waals surface area (Å²) in [6.07, 6.45) is 2.77. The molecule has 0 aromatic carbocycles. The second kappa shape index (κ2) is 7.97. The summed E-state index contributed by atoms with van der Waals surface area (Å²) in [6, 6.07) is -0.156. The minimum absolute atomic E-state index is 0.0495. The first-order valence-electron chi connectivity index (χ1n) is 7.99. The summed E-state index contributed by atoms with van der Waals surface area (Å²) in [7, 11) is 0. The molecule has 128 valence electrons. The van der Waals surface area contributed by atoms with E-state index in [1.54, 1.807) is 0 Å². The van der Waals surface area contributed by atoms with E-state index in [9.17, 15) is 4.79 Å². The summed E-state index contributed by atoms with van der Waals surface area (Å²) in [4.78, 5) is 11.9. The molecule has 22 heavy (non-hydrogen) atoms. The number of hydrogen-bond acceptors (Lipinski definition) is 5. The average molecular weight is 347 g/mol. The van der Waals surface area contributed by atoms with Crippen molar-refractivity contribution < 1.29 is 9.53 Å². The molecule has 0 bridgehead atoms. The van der Waals surface area contributed by atoms with Gasteiger partial charge in [-0.2, -0.15) is 0 Å². The van der Waals surface area contributed by atoms with Crippen molar-refractivity contribution in [2.45, 2.75) is 66.0 Å². The Kier molecular flexibility index (Phi) is 7.15. The predicted octanol–water partition coefficient (Wildman–Crippen LogP) is 3.73. The standard InChI is InChI=1S/C16H30N2O2S2/c1-6-20-13(21)12(17)16(5)9-11(8-15(3,4)10-16)18-14(19)22-7-2/h11-12H,6-10,17H2,1-5H3,(H,18,19). The molecular weight excluding hydrogens is 316 g/mol. The van der Waals surface area contributed by atoms with Crippen LogP contribution in [0.2, 0.25) is 0 Å². The first kappa shape index (κ1) is 19.7. The van der Waals surface area contributed by atoms with Gasteiger partial charge in [0.1, 0.15) is 0 Å². The van der Waals surface area contributed by atoms with Crippen LogP contribution in [0.25, 0.3) is 0 Å². The molecule has 0 radical (unpaired) electrons. The van der Waals surface area contributed by atoms with Crippen LogP contribution in [0.3, 0.4) is 0 Å². The molecule has 1 amide bonds. The van der Waals surface area contributed by atoms with Gasteiger partial charge >= 0.3 is 0 Å². The van der Waals surface area contributed by atoms with E-state index in [0.29, 0.717) is 11.7 Å². The van der Waals surface area contributed by atoms with E-state index < -0.39 is 0 Å². The number of carbonyl (C=O) groups is 1. The molecule has 0 heterocycles. The maximum Gasteiger partial charge on any atom is 0.279 e. The fourth-order valence-corrected chi connectivity index (χ4v) is 4.65. The van der Waals surface area contributed by atoms with Crippen molar-refractivity contribution >= 4 is 34.3 Å². The van der Waals surface area contributed by atoms with Crippen LogP contribution in [-0.2, 0) is 4.74 Å². The Balaban J connectivity index is 2.85. The molecule has 0 saturated heterocycles. The summed E-state index contributed by atoms with van der Waals surface area (Å²) in [5.41, 5.74) is 6.35. The number of ether oxygens (including phenoxy) is 1. The molecule has 0 aromatic heterocycles. The van der Waals surface area contributed by atoms with Crippen molar-refractivity contribution in [3.05, 3.63) is 0 Å². The van der Waals surface area contributed by atoms with Crippen molar-refractivity contribution in [1.82, 2.24) is 5.32 Å². The number of amides is 1. The van der Waals surface area contributed by atoms with E-state index in [1.807, 2.05) is 13.8 Å². The van der Waals surface area contributed by atoms with Gasteiger partial charge in [0.25, 0.3) is 5.24 Å². The Morgan fingerprint density at radius 1 is 1.41 bits per heavy atom. The lowest BCUT2D eigenvalue weighted by Gasteiger charge is -2.49. The van der Waals surface area contributed by atoms with Gasteiger partial charge in [-0.05, 0) is 55.0 Å². The second-order valence-corrected chi connectivity index (χ2v) is 8.83. The molecule has 1 rings (SSSR count). The number of thiocarbonyl (C=S) groups is 1. The fourth-order valence-electron chi connectivity index (χ4n) is 3.73. The van der Waals surface area contributed by atoms with Gasteiger partial charge in [0, 0.05) is 6.04 Å². The van der Waals surface area contributed by atoms with Crippen LogP contribution in [-0.4, -0.2) is 34.7 Å². The molecule has 3 unspecified atom stereocenters. The number of rotatable bonds is 5. The van der Waals surface area contributed by atoms with Crippen molar-refractivity contribution in [2.75, 3.05) is 12.4 Å². The highest BCUT2D eigenvalue weighted by molar-refractivity contribution is 8.13. The first-order chi connectivity index (χ1) is 10.1. The molecule has 3 atom stereocenters. The highest BCUT2D eigenvalue weighted by atomic mass is 32.2. The van der Waals surface area contributed by atoms with E-state index in [-0.39, 0.29) is 28.2 Å². The van der Waals surface area contributed by atoms with Crippen LogP contribution < -0.4 is 11.1 Å². The third kappa shape index (κ3) is 5.39. The number of hydrogen-bond donors (Lipinski definition) is 2. The highest BCUT2D eigenvalue weighted by Gasteiger charge is 2.46. The molecule has 4 nitrogen and oxygen atoms in total. The number of carbonyl (C=O) groups excluding carboxylic acids is 1. The Bertz CT molecular complexity index is 415. The molecule has 1 saturated carbocycles. The first-order valence-corrected chi connectivity index (χ1v) is 9.38. The largest absolute Gasteiger partial charge is 0.486 e. The van der Waals surface area contributed by atoms with Crippen LogP contribution in [0.5, 0.6) is 0 Å². The van der Waals surface area contributed by atoms with Gasteiger partial charge in [0.2, 0.25) is 0 Å². The number of nitrogens with one attached hydrogen (secondary N) is 1. The van der Waals surface area contributed by atoms with Crippen molar-refractivity contribution in [3.8, 4) is 0 Å². The van der Waals surface area contributed by atoms with Gasteiger partial charge in [-0.3, -0.25) is 4.79 Å². The summed E-state index contributed by atoms with van der Waals surface area (Å²) < 4.78 is 5.46. The smallest absolute Gasteiger partial charge is 0.279 e. The number of nitrogens with two attached hydrogens (primary N) is 1. The summed E-state index contributed by atoms with van der Waals surface area (Å²) in [5.74, 6) is 0.785. The fraction of sp³-hybridized carbons (Fsp3) is 0.875. The lowest BCUT2D eigenvalue weighted by molar-refractivity contribution is 0.0647. The van der Waals surface area contributed by atoms with Crippen LogP contribution >= 0.6 is 24.0 Å². The molecule has 1 fully saturated rings.